The molecule has 49 heavy (non-hydrogen) atoms. The van der Waals surface area contributed by atoms with Gasteiger partial charge in [-0.2, -0.15) is 0 Å². The zero-order valence-corrected chi connectivity index (χ0v) is 27.4. The van der Waals surface area contributed by atoms with E-state index in [1.165, 1.54) is 54.9 Å². The topological polar surface area (TPSA) is 16.4 Å². The summed E-state index contributed by atoms with van der Waals surface area (Å²) in [6, 6.07) is 59.5. The summed E-state index contributed by atoms with van der Waals surface area (Å²) in [5.41, 5.74) is 12.9. The van der Waals surface area contributed by atoms with Gasteiger partial charge in [-0.15, -0.1) is 0 Å². The average molecular weight is 628 g/mol. The Morgan fingerprint density at radius 1 is 0.429 bits per heavy atom. The van der Waals surface area contributed by atoms with Crippen molar-refractivity contribution in [2.75, 3.05) is 4.90 Å². The molecular formula is C47H33NO. The SMILES string of the molecule is CC1(C)c2ccccc2-c2ccc(N(c3ccc(-c4cccc5ccccc45)cc3)c3ccc4ccc5oc6ccccc6c5c4c3)cc21. The van der Waals surface area contributed by atoms with Crippen LogP contribution in [-0.4, -0.2) is 0 Å². The molecule has 1 aliphatic rings. The van der Waals surface area contributed by atoms with E-state index < -0.39 is 0 Å². The summed E-state index contributed by atoms with van der Waals surface area (Å²) < 4.78 is 6.31. The quantitative estimate of drug-likeness (QED) is 0.193. The molecule has 2 nitrogen and oxygen atoms in total. The Hall–Kier alpha value is -6.12. The van der Waals surface area contributed by atoms with Gasteiger partial charge in [-0.05, 0) is 103 Å². The lowest BCUT2D eigenvalue weighted by molar-refractivity contribution is 0.660. The number of anilines is 3. The van der Waals surface area contributed by atoms with Crippen LogP contribution in [0.25, 0.3) is 65.7 Å². The van der Waals surface area contributed by atoms with Gasteiger partial charge in [0.25, 0.3) is 0 Å². The van der Waals surface area contributed by atoms with Gasteiger partial charge in [-0.25, -0.2) is 0 Å². The van der Waals surface area contributed by atoms with Gasteiger partial charge in [0.05, 0.1) is 0 Å². The maximum absolute atomic E-state index is 6.31. The summed E-state index contributed by atoms with van der Waals surface area (Å²) >= 11 is 0. The van der Waals surface area contributed by atoms with Gasteiger partial charge in [-0.3, -0.25) is 0 Å². The minimum Gasteiger partial charge on any atom is -0.456 e. The number of hydrogen-bond acceptors (Lipinski definition) is 2. The summed E-state index contributed by atoms with van der Waals surface area (Å²) in [6.07, 6.45) is 0. The first kappa shape index (κ1) is 27.9. The number of para-hydroxylation sites is 1. The molecule has 0 atom stereocenters. The van der Waals surface area contributed by atoms with Crippen LogP contribution >= 0.6 is 0 Å². The summed E-state index contributed by atoms with van der Waals surface area (Å²) in [5, 5.41) is 7.20. The number of hydrogen-bond donors (Lipinski definition) is 0. The summed E-state index contributed by atoms with van der Waals surface area (Å²) in [6.45, 7) is 4.70. The fourth-order valence-electron chi connectivity index (χ4n) is 8.22. The molecule has 0 fully saturated rings. The number of rotatable bonds is 4. The van der Waals surface area contributed by atoms with Gasteiger partial charge in [-0.1, -0.05) is 129 Å². The van der Waals surface area contributed by atoms with Crippen molar-refractivity contribution < 1.29 is 4.42 Å². The Balaban J connectivity index is 1.18. The van der Waals surface area contributed by atoms with E-state index in [4.69, 9.17) is 4.42 Å². The van der Waals surface area contributed by atoms with Crippen molar-refractivity contribution in [2.45, 2.75) is 19.3 Å². The molecule has 9 aromatic rings. The van der Waals surface area contributed by atoms with Crippen LogP contribution in [0.3, 0.4) is 0 Å². The van der Waals surface area contributed by atoms with Gasteiger partial charge in [0.2, 0.25) is 0 Å². The molecule has 0 aliphatic heterocycles. The first-order valence-corrected chi connectivity index (χ1v) is 17.0. The zero-order chi connectivity index (χ0) is 32.7. The molecule has 0 unspecified atom stereocenters. The second kappa shape index (κ2) is 10.4. The lowest BCUT2D eigenvalue weighted by Gasteiger charge is -2.28. The molecule has 2 heteroatoms. The monoisotopic (exact) mass is 627 g/mol. The third kappa shape index (κ3) is 4.20. The van der Waals surface area contributed by atoms with E-state index in [1.807, 2.05) is 6.07 Å². The van der Waals surface area contributed by atoms with Crippen LogP contribution in [-0.2, 0) is 5.41 Å². The Bertz CT molecular complexity index is 2740. The molecule has 232 valence electrons. The Labute approximate surface area is 285 Å². The molecule has 0 amide bonds. The number of fused-ring (bicyclic) bond motifs is 9. The van der Waals surface area contributed by atoms with Gasteiger partial charge < -0.3 is 9.32 Å². The predicted octanol–water partition coefficient (Wildman–Crippen LogP) is 13.3. The maximum atomic E-state index is 6.31. The highest BCUT2D eigenvalue weighted by Gasteiger charge is 2.35. The van der Waals surface area contributed by atoms with Crippen molar-refractivity contribution in [3.05, 3.63) is 175 Å². The van der Waals surface area contributed by atoms with E-state index in [9.17, 15) is 0 Å². The van der Waals surface area contributed by atoms with E-state index in [-0.39, 0.29) is 5.41 Å². The van der Waals surface area contributed by atoms with Crippen molar-refractivity contribution in [3.63, 3.8) is 0 Å². The molecule has 0 radical (unpaired) electrons. The first-order chi connectivity index (χ1) is 24.0. The summed E-state index contributed by atoms with van der Waals surface area (Å²) in [5.74, 6) is 0. The van der Waals surface area contributed by atoms with Crippen LogP contribution in [0.15, 0.2) is 168 Å². The van der Waals surface area contributed by atoms with Crippen molar-refractivity contribution in [3.8, 4) is 22.3 Å². The summed E-state index contributed by atoms with van der Waals surface area (Å²) in [7, 11) is 0. The molecule has 8 aromatic carbocycles. The van der Waals surface area contributed by atoms with Crippen LogP contribution < -0.4 is 4.90 Å². The minimum atomic E-state index is -0.100. The Kier molecular flexibility index (Phi) is 5.95. The first-order valence-electron chi connectivity index (χ1n) is 17.0. The standard InChI is InChI=1S/C47H33NO/c1-47(2)42-16-7-5-13-38(42)39-26-25-35(29-43(39)47)48(33-22-18-31(19-23-33)37-15-9-11-30-10-3-4-12-36(30)37)34-24-20-32-21-27-45-46(41(32)28-34)40-14-6-8-17-44(40)49-45/h3-29H,1-2H3. The second-order valence-corrected chi connectivity index (χ2v) is 13.8. The molecule has 0 spiro atoms. The molecule has 0 N–H and O–H groups in total. The minimum absolute atomic E-state index is 0.100. The van der Waals surface area contributed by atoms with Gasteiger partial charge in [0.1, 0.15) is 11.2 Å². The Morgan fingerprint density at radius 3 is 1.96 bits per heavy atom. The van der Waals surface area contributed by atoms with Crippen LogP contribution in [0.4, 0.5) is 17.1 Å². The van der Waals surface area contributed by atoms with E-state index in [0.717, 1.165) is 39.0 Å². The van der Waals surface area contributed by atoms with Gasteiger partial charge in [0.15, 0.2) is 0 Å². The van der Waals surface area contributed by atoms with Gasteiger partial charge >= 0.3 is 0 Å². The predicted molar refractivity (Wildman–Crippen MR) is 206 cm³/mol. The Morgan fingerprint density at radius 2 is 1.06 bits per heavy atom. The smallest absolute Gasteiger partial charge is 0.136 e. The van der Waals surface area contributed by atoms with E-state index in [2.05, 4.69) is 176 Å². The van der Waals surface area contributed by atoms with Crippen molar-refractivity contribution >= 4 is 60.5 Å². The molecule has 0 saturated carbocycles. The molecule has 1 heterocycles. The van der Waals surface area contributed by atoms with Gasteiger partial charge in [0, 0.05) is 33.2 Å². The fourth-order valence-corrected chi connectivity index (χ4v) is 8.22. The van der Waals surface area contributed by atoms with E-state index in [0.29, 0.717) is 0 Å². The normalized spacial score (nSPS) is 13.3. The third-order valence-corrected chi connectivity index (χ3v) is 10.7. The number of furan rings is 1. The van der Waals surface area contributed by atoms with Crippen molar-refractivity contribution in [1.29, 1.82) is 0 Å². The average Bonchev–Trinajstić information content (AvgIpc) is 3.64. The molecule has 10 rings (SSSR count). The van der Waals surface area contributed by atoms with E-state index >= 15 is 0 Å². The molecular weight excluding hydrogens is 595 g/mol. The van der Waals surface area contributed by atoms with Crippen LogP contribution in [0.5, 0.6) is 0 Å². The fraction of sp³-hybridized carbons (Fsp3) is 0.0638. The largest absolute Gasteiger partial charge is 0.456 e. The second-order valence-electron chi connectivity index (χ2n) is 13.8. The van der Waals surface area contributed by atoms with Crippen LogP contribution in [0.1, 0.15) is 25.0 Å². The summed E-state index contributed by atoms with van der Waals surface area (Å²) in [4.78, 5) is 2.41. The number of benzene rings is 8. The van der Waals surface area contributed by atoms with Crippen LogP contribution in [0.2, 0.25) is 0 Å². The van der Waals surface area contributed by atoms with E-state index in [1.54, 1.807) is 0 Å². The molecule has 0 bridgehead atoms. The highest BCUT2D eigenvalue weighted by Crippen LogP contribution is 2.51. The lowest BCUT2D eigenvalue weighted by atomic mass is 9.82. The zero-order valence-electron chi connectivity index (χ0n) is 27.4. The van der Waals surface area contributed by atoms with Crippen LogP contribution in [0, 0.1) is 0 Å². The van der Waals surface area contributed by atoms with Crippen molar-refractivity contribution in [1.82, 2.24) is 0 Å². The highest BCUT2D eigenvalue weighted by molar-refractivity contribution is 6.19. The number of nitrogens with zero attached hydrogens (tertiary/aromatic N) is 1. The highest BCUT2D eigenvalue weighted by atomic mass is 16.3. The molecule has 1 aliphatic carbocycles. The molecule has 0 saturated heterocycles. The lowest BCUT2D eigenvalue weighted by Crippen LogP contribution is -2.16. The van der Waals surface area contributed by atoms with Crippen molar-refractivity contribution in [2.24, 2.45) is 0 Å². The molecule has 1 aromatic heterocycles. The third-order valence-electron chi connectivity index (χ3n) is 10.7. The maximum Gasteiger partial charge on any atom is 0.136 e.